The summed E-state index contributed by atoms with van der Waals surface area (Å²) in [4.78, 5) is 23.7. The van der Waals surface area contributed by atoms with Gasteiger partial charge in [0.25, 0.3) is 5.91 Å². The van der Waals surface area contributed by atoms with Crippen molar-refractivity contribution < 1.29 is 19.1 Å². The van der Waals surface area contributed by atoms with E-state index in [4.69, 9.17) is 9.47 Å². The summed E-state index contributed by atoms with van der Waals surface area (Å²) in [6, 6.07) is 9.68. The molecular formula is C17H20N2O4. The Bertz CT molecular complexity index is 598. The lowest BCUT2D eigenvalue weighted by Gasteiger charge is -2.14. The Morgan fingerprint density at radius 3 is 2.83 bits per heavy atom. The second-order valence-electron chi connectivity index (χ2n) is 5.05. The monoisotopic (exact) mass is 316 g/mol. The molecule has 1 amide bonds. The van der Waals surface area contributed by atoms with Crippen LogP contribution in [0, 0.1) is 0 Å². The number of hydrogen-bond donors (Lipinski definition) is 0. The summed E-state index contributed by atoms with van der Waals surface area (Å²) in [5.74, 6) is -0.924. The van der Waals surface area contributed by atoms with E-state index in [1.807, 2.05) is 30.3 Å². The van der Waals surface area contributed by atoms with Crippen LogP contribution in [-0.4, -0.2) is 48.5 Å². The van der Waals surface area contributed by atoms with Crippen LogP contribution in [0.5, 0.6) is 0 Å². The van der Waals surface area contributed by atoms with Crippen LogP contribution in [0.3, 0.4) is 0 Å². The van der Waals surface area contributed by atoms with Crippen molar-refractivity contribution in [2.24, 2.45) is 5.10 Å². The molecule has 0 aromatic heterocycles. The number of rotatable bonds is 7. The summed E-state index contributed by atoms with van der Waals surface area (Å²) in [7, 11) is 0. The highest BCUT2D eigenvalue weighted by molar-refractivity contribution is 6.02. The van der Waals surface area contributed by atoms with Gasteiger partial charge in [0.05, 0.1) is 18.9 Å². The van der Waals surface area contributed by atoms with Crippen molar-refractivity contribution in [2.45, 2.75) is 19.4 Å². The van der Waals surface area contributed by atoms with Gasteiger partial charge in [-0.05, 0) is 12.5 Å². The third-order valence-electron chi connectivity index (χ3n) is 3.33. The Morgan fingerprint density at radius 1 is 1.39 bits per heavy atom. The predicted molar refractivity (Wildman–Crippen MR) is 85.9 cm³/mol. The minimum Gasteiger partial charge on any atom is -0.454 e. The van der Waals surface area contributed by atoms with E-state index in [9.17, 15) is 9.59 Å². The SMILES string of the molecule is C=CCOC(C)C(=O)OCC(=O)N1CCC(c2ccccc2)=N1. The summed E-state index contributed by atoms with van der Waals surface area (Å²) in [5, 5.41) is 5.63. The zero-order valence-corrected chi connectivity index (χ0v) is 13.1. The molecule has 2 rings (SSSR count). The number of hydrazone groups is 1. The first-order chi connectivity index (χ1) is 11.1. The molecule has 122 valence electrons. The van der Waals surface area contributed by atoms with E-state index in [1.54, 1.807) is 13.0 Å². The molecule has 0 fully saturated rings. The first-order valence-electron chi connectivity index (χ1n) is 7.44. The first kappa shape index (κ1) is 16.9. The fourth-order valence-electron chi connectivity index (χ4n) is 2.08. The number of carbonyl (C=O) groups excluding carboxylic acids is 2. The maximum Gasteiger partial charge on any atom is 0.335 e. The second kappa shape index (κ2) is 8.24. The van der Waals surface area contributed by atoms with Gasteiger partial charge in [-0.25, -0.2) is 9.80 Å². The molecule has 1 aliphatic heterocycles. The third kappa shape index (κ3) is 4.75. The molecule has 0 radical (unpaired) electrons. The highest BCUT2D eigenvalue weighted by atomic mass is 16.6. The van der Waals surface area contributed by atoms with Gasteiger partial charge in [0.15, 0.2) is 12.7 Å². The molecule has 0 aliphatic carbocycles. The summed E-state index contributed by atoms with van der Waals surface area (Å²) >= 11 is 0. The molecule has 1 aliphatic rings. The minimum atomic E-state index is -0.734. The standard InChI is InChI=1S/C17H20N2O4/c1-3-11-22-13(2)17(21)23-12-16(20)19-10-9-15(18-19)14-7-5-4-6-8-14/h3-8,13H,1,9-12H2,2H3. The normalized spacial score (nSPS) is 15.0. The van der Waals surface area contributed by atoms with Gasteiger partial charge >= 0.3 is 5.97 Å². The van der Waals surface area contributed by atoms with Gasteiger partial charge in [-0.2, -0.15) is 5.10 Å². The van der Waals surface area contributed by atoms with E-state index in [-0.39, 0.29) is 19.1 Å². The average Bonchev–Trinajstić information content (AvgIpc) is 3.08. The Kier molecular flexibility index (Phi) is 6.05. The number of esters is 1. The van der Waals surface area contributed by atoms with Gasteiger partial charge in [-0.3, -0.25) is 4.79 Å². The predicted octanol–water partition coefficient (Wildman–Crippen LogP) is 1.76. The van der Waals surface area contributed by atoms with Gasteiger partial charge in [-0.15, -0.1) is 6.58 Å². The smallest absolute Gasteiger partial charge is 0.335 e. The highest BCUT2D eigenvalue weighted by Gasteiger charge is 2.23. The largest absolute Gasteiger partial charge is 0.454 e. The molecule has 1 unspecified atom stereocenters. The van der Waals surface area contributed by atoms with Gasteiger partial charge in [-0.1, -0.05) is 36.4 Å². The van der Waals surface area contributed by atoms with Crippen molar-refractivity contribution in [3.05, 3.63) is 48.6 Å². The molecule has 1 heterocycles. The lowest BCUT2D eigenvalue weighted by atomic mass is 10.1. The zero-order chi connectivity index (χ0) is 16.7. The molecule has 6 heteroatoms. The number of hydrogen-bond acceptors (Lipinski definition) is 5. The van der Waals surface area contributed by atoms with Gasteiger partial charge < -0.3 is 9.47 Å². The van der Waals surface area contributed by atoms with Crippen molar-refractivity contribution in [1.29, 1.82) is 0 Å². The number of ether oxygens (including phenoxy) is 2. The fourth-order valence-corrected chi connectivity index (χ4v) is 2.08. The molecule has 0 saturated carbocycles. The van der Waals surface area contributed by atoms with Crippen LogP contribution in [0.1, 0.15) is 18.9 Å². The Hall–Kier alpha value is -2.47. The van der Waals surface area contributed by atoms with Gasteiger partial charge in [0.2, 0.25) is 0 Å². The van der Waals surface area contributed by atoms with Crippen LogP contribution >= 0.6 is 0 Å². The summed E-state index contributed by atoms with van der Waals surface area (Å²) in [5.41, 5.74) is 1.85. The Morgan fingerprint density at radius 2 is 2.13 bits per heavy atom. The molecule has 1 atom stereocenters. The number of carbonyl (C=O) groups is 2. The van der Waals surface area contributed by atoms with Crippen molar-refractivity contribution in [3.63, 3.8) is 0 Å². The molecule has 1 aromatic carbocycles. The molecular weight excluding hydrogens is 296 g/mol. The fraction of sp³-hybridized carbons (Fsp3) is 0.353. The van der Waals surface area contributed by atoms with Crippen LogP contribution in [0.25, 0.3) is 0 Å². The van der Waals surface area contributed by atoms with E-state index in [1.165, 1.54) is 5.01 Å². The van der Waals surface area contributed by atoms with Crippen LogP contribution in [0.4, 0.5) is 0 Å². The molecule has 6 nitrogen and oxygen atoms in total. The average molecular weight is 316 g/mol. The lowest BCUT2D eigenvalue weighted by Crippen LogP contribution is -2.31. The van der Waals surface area contributed by atoms with E-state index >= 15 is 0 Å². The van der Waals surface area contributed by atoms with Gasteiger partial charge in [0, 0.05) is 6.42 Å². The second-order valence-corrected chi connectivity index (χ2v) is 5.05. The topological polar surface area (TPSA) is 68.2 Å². The van der Waals surface area contributed by atoms with Crippen LogP contribution in [0.15, 0.2) is 48.1 Å². The third-order valence-corrected chi connectivity index (χ3v) is 3.33. The minimum absolute atomic E-state index is 0.251. The summed E-state index contributed by atoms with van der Waals surface area (Å²) in [6.07, 6.45) is 1.49. The van der Waals surface area contributed by atoms with Crippen LogP contribution in [-0.2, 0) is 19.1 Å². The number of nitrogens with zero attached hydrogens (tertiary/aromatic N) is 2. The molecule has 0 saturated heterocycles. The Labute approximate surface area is 135 Å². The van der Waals surface area contributed by atoms with Crippen molar-refractivity contribution >= 4 is 17.6 Å². The van der Waals surface area contributed by atoms with Gasteiger partial charge in [0.1, 0.15) is 0 Å². The highest BCUT2D eigenvalue weighted by Crippen LogP contribution is 2.13. The van der Waals surface area contributed by atoms with Crippen LogP contribution < -0.4 is 0 Å². The number of benzene rings is 1. The van der Waals surface area contributed by atoms with Crippen molar-refractivity contribution in [3.8, 4) is 0 Å². The summed E-state index contributed by atoms with van der Waals surface area (Å²) in [6.45, 7) is 5.46. The van der Waals surface area contributed by atoms with E-state index in [0.29, 0.717) is 13.0 Å². The summed E-state index contributed by atoms with van der Waals surface area (Å²) < 4.78 is 10.1. The van der Waals surface area contributed by atoms with Crippen molar-refractivity contribution in [1.82, 2.24) is 5.01 Å². The zero-order valence-electron chi connectivity index (χ0n) is 13.1. The van der Waals surface area contributed by atoms with E-state index < -0.39 is 12.1 Å². The molecule has 0 bridgehead atoms. The molecule has 0 spiro atoms. The van der Waals surface area contributed by atoms with E-state index in [0.717, 1.165) is 11.3 Å². The molecule has 23 heavy (non-hydrogen) atoms. The first-order valence-corrected chi connectivity index (χ1v) is 7.44. The number of amides is 1. The van der Waals surface area contributed by atoms with Crippen molar-refractivity contribution in [2.75, 3.05) is 19.8 Å². The quantitative estimate of drug-likeness (QED) is 0.568. The maximum atomic E-state index is 12.0. The Balaban J connectivity index is 1.84. The molecule has 1 aromatic rings. The molecule has 0 N–H and O–H groups in total. The van der Waals surface area contributed by atoms with Crippen LogP contribution in [0.2, 0.25) is 0 Å². The lowest BCUT2D eigenvalue weighted by molar-refractivity contribution is -0.160. The van der Waals surface area contributed by atoms with E-state index in [2.05, 4.69) is 11.7 Å². The maximum absolute atomic E-state index is 12.0.